The predicted octanol–water partition coefficient (Wildman–Crippen LogP) is 3.33. The first-order valence-electron chi connectivity index (χ1n) is 5.85. The van der Waals surface area contributed by atoms with Crippen LogP contribution < -0.4 is 10.4 Å². The van der Waals surface area contributed by atoms with Gasteiger partial charge >= 0.3 is 5.69 Å². The van der Waals surface area contributed by atoms with E-state index in [4.69, 9.17) is 40.2 Å². The normalized spacial score (nSPS) is 11.1. The summed E-state index contributed by atoms with van der Waals surface area (Å²) in [5, 5.41) is 3.25. The maximum absolute atomic E-state index is 11.9. The number of ether oxygens (including phenoxy) is 1. The fourth-order valence-corrected chi connectivity index (χ4v) is 2.39. The molecule has 0 amide bonds. The van der Waals surface area contributed by atoms with E-state index in [0.29, 0.717) is 26.3 Å². The van der Waals surface area contributed by atoms with Gasteiger partial charge < -0.3 is 4.74 Å². The van der Waals surface area contributed by atoms with Crippen molar-refractivity contribution in [1.82, 2.24) is 14.3 Å². The zero-order valence-corrected chi connectivity index (χ0v) is 13.4. The molecule has 0 saturated carbocycles. The number of H-pyrrole nitrogens is 1. The molecule has 0 spiro atoms. The third-order valence-electron chi connectivity index (χ3n) is 2.55. The Hall–Kier alpha value is -1.24. The van der Waals surface area contributed by atoms with Crippen LogP contribution in [0.2, 0.25) is 10.0 Å². The first-order chi connectivity index (χ1) is 9.31. The molecule has 1 heterocycles. The standard InChI is InChI=1S/C12H13Cl2N3O2S/c1-6(2)19-10-5-7(13)9(4-8(10)14)17-11(18)15-16(3)12(17)20/h4-6H,1-3H3,(H,15,18). The van der Waals surface area contributed by atoms with Crippen LogP contribution in [0.15, 0.2) is 16.9 Å². The average Bonchev–Trinajstić information content (AvgIpc) is 2.58. The second-order valence-corrected chi connectivity index (χ2v) is 5.67. The Morgan fingerprint density at radius 2 is 1.95 bits per heavy atom. The number of aryl methyl sites for hydroxylation is 1. The zero-order valence-electron chi connectivity index (χ0n) is 11.1. The second kappa shape index (κ2) is 5.63. The second-order valence-electron chi connectivity index (χ2n) is 4.49. The van der Waals surface area contributed by atoms with Crippen molar-refractivity contribution in [3.63, 3.8) is 0 Å². The predicted molar refractivity (Wildman–Crippen MR) is 82.0 cm³/mol. The summed E-state index contributed by atoms with van der Waals surface area (Å²) in [6, 6.07) is 3.14. The molecule has 0 saturated heterocycles. The fourth-order valence-electron chi connectivity index (χ4n) is 1.72. The Bertz CT molecular complexity index is 761. The summed E-state index contributed by atoms with van der Waals surface area (Å²) in [7, 11) is 1.64. The minimum absolute atomic E-state index is 0.0308. The van der Waals surface area contributed by atoms with Gasteiger partial charge in [0.05, 0.1) is 21.8 Å². The summed E-state index contributed by atoms with van der Waals surface area (Å²) < 4.78 is 8.55. The highest BCUT2D eigenvalue weighted by Gasteiger charge is 2.14. The van der Waals surface area contributed by atoms with Gasteiger partial charge in [0.15, 0.2) is 0 Å². The Morgan fingerprint density at radius 3 is 2.45 bits per heavy atom. The molecule has 0 radical (unpaired) electrons. The van der Waals surface area contributed by atoms with Gasteiger partial charge in [-0.2, -0.15) is 0 Å². The molecule has 0 aliphatic carbocycles. The zero-order chi connectivity index (χ0) is 15.0. The number of benzene rings is 1. The van der Waals surface area contributed by atoms with E-state index in [1.165, 1.54) is 9.25 Å². The summed E-state index contributed by atoms with van der Waals surface area (Å²) in [4.78, 5) is 11.9. The van der Waals surface area contributed by atoms with E-state index in [-0.39, 0.29) is 11.8 Å². The molecule has 5 nitrogen and oxygen atoms in total. The van der Waals surface area contributed by atoms with Crippen molar-refractivity contribution in [2.75, 3.05) is 0 Å². The minimum Gasteiger partial charge on any atom is -0.489 e. The van der Waals surface area contributed by atoms with Gasteiger partial charge in [-0.3, -0.25) is 4.68 Å². The molecule has 2 rings (SSSR count). The highest BCUT2D eigenvalue weighted by atomic mass is 35.5. The molecule has 0 fully saturated rings. The molecule has 0 bridgehead atoms. The molecular weight excluding hydrogens is 321 g/mol. The number of nitrogens with zero attached hydrogens (tertiary/aromatic N) is 2. The third kappa shape index (κ3) is 2.77. The number of halogens is 2. The molecule has 108 valence electrons. The van der Waals surface area contributed by atoms with E-state index < -0.39 is 0 Å². The van der Waals surface area contributed by atoms with E-state index in [1.54, 1.807) is 19.2 Å². The van der Waals surface area contributed by atoms with Crippen LogP contribution in [0.4, 0.5) is 0 Å². The summed E-state index contributed by atoms with van der Waals surface area (Å²) in [6.07, 6.45) is -0.0308. The number of aromatic nitrogens is 3. The van der Waals surface area contributed by atoms with Gasteiger partial charge in [0.25, 0.3) is 0 Å². The van der Waals surface area contributed by atoms with Crippen LogP contribution in [-0.4, -0.2) is 20.5 Å². The van der Waals surface area contributed by atoms with Crippen LogP contribution in [0, 0.1) is 4.77 Å². The molecule has 0 atom stereocenters. The SMILES string of the molecule is CC(C)Oc1cc(Cl)c(-n2c(=O)[nH]n(C)c2=S)cc1Cl. The Kier molecular flexibility index (Phi) is 4.27. The Morgan fingerprint density at radius 1 is 1.30 bits per heavy atom. The van der Waals surface area contributed by atoms with Crippen molar-refractivity contribution in [2.24, 2.45) is 7.05 Å². The lowest BCUT2D eigenvalue weighted by Crippen LogP contribution is -2.15. The van der Waals surface area contributed by atoms with Crippen molar-refractivity contribution in [2.45, 2.75) is 20.0 Å². The van der Waals surface area contributed by atoms with Crippen LogP contribution in [0.3, 0.4) is 0 Å². The number of nitrogens with one attached hydrogen (secondary N) is 1. The quantitative estimate of drug-likeness (QED) is 0.876. The average molecular weight is 334 g/mol. The lowest BCUT2D eigenvalue weighted by atomic mass is 10.3. The minimum atomic E-state index is -0.381. The number of aromatic amines is 1. The van der Waals surface area contributed by atoms with E-state index in [0.717, 1.165) is 0 Å². The van der Waals surface area contributed by atoms with E-state index >= 15 is 0 Å². The number of rotatable bonds is 3. The Balaban J connectivity index is 2.62. The van der Waals surface area contributed by atoms with Crippen LogP contribution >= 0.6 is 35.4 Å². The van der Waals surface area contributed by atoms with Gasteiger partial charge in [-0.1, -0.05) is 23.2 Å². The highest BCUT2D eigenvalue weighted by Crippen LogP contribution is 2.33. The maximum Gasteiger partial charge on any atom is 0.347 e. The van der Waals surface area contributed by atoms with Crippen LogP contribution in [0.5, 0.6) is 5.75 Å². The van der Waals surface area contributed by atoms with Gasteiger partial charge in [-0.25, -0.2) is 14.5 Å². The van der Waals surface area contributed by atoms with Gasteiger partial charge in [0, 0.05) is 13.1 Å². The number of hydrogen-bond acceptors (Lipinski definition) is 3. The van der Waals surface area contributed by atoms with Crippen molar-refractivity contribution in [3.05, 3.63) is 37.4 Å². The molecule has 8 heteroatoms. The van der Waals surface area contributed by atoms with Crippen molar-refractivity contribution in [1.29, 1.82) is 0 Å². The van der Waals surface area contributed by atoms with Crippen molar-refractivity contribution in [3.8, 4) is 11.4 Å². The van der Waals surface area contributed by atoms with Gasteiger partial charge in [0.1, 0.15) is 5.75 Å². The fraction of sp³-hybridized carbons (Fsp3) is 0.333. The Labute approximate surface area is 130 Å². The van der Waals surface area contributed by atoms with E-state index in [9.17, 15) is 4.79 Å². The van der Waals surface area contributed by atoms with E-state index in [2.05, 4.69) is 5.10 Å². The summed E-state index contributed by atoms with van der Waals surface area (Å²) in [5.41, 5.74) is 0.0348. The summed E-state index contributed by atoms with van der Waals surface area (Å²) in [6.45, 7) is 3.77. The molecule has 0 aliphatic rings. The topological polar surface area (TPSA) is 51.9 Å². The smallest absolute Gasteiger partial charge is 0.347 e. The molecule has 20 heavy (non-hydrogen) atoms. The largest absolute Gasteiger partial charge is 0.489 e. The van der Waals surface area contributed by atoms with Gasteiger partial charge in [0.2, 0.25) is 4.77 Å². The molecule has 1 aromatic carbocycles. The number of hydrogen-bond donors (Lipinski definition) is 1. The van der Waals surface area contributed by atoms with Crippen LogP contribution in [0.25, 0.3) is 5.69 Å². The lowest BCUT2D eigenvalue weighted by Gasteiger charge is -2.13. The van der Waals surface area contributed by atoms with Gasteiger partial charge in [-0.15, -0.1) is 0 Å². The molecule has 2 aromatic rings. The van der Waals surface area contributed by atoms with Crippen LogP contribution in [-0.2, 0) is 7.05 Å². The van der Waals surface area contributed by atoms with Crippen molar-refractivity contribution >= 4 is 35.4 Å². The summed E-state index contributed by atoms with van der Waals surface area (Å²) >= 11 is 17.5. The molecular formula is C12H13Cl2N3O2S. The molecule has 0 aliphatic heterocycles. The van der Waals surface area contributed by atoms with Crippen molar-refractivity contribution < 1.29 is 4.74 Å². The third-order valence-corrected chi connectivity index (χ3v) is 3.60. The van der Waals surface area contributed by atoms with E-state index in [1.807, 2.05) is 13.8 Å². The molecule has 0 unspecified atom stereocenters. The molecule has 1 aromatic heterocycles. The molecule has 1 N–H and O–H groups in total. The monoisotopic (exact) mass is 333 g/mol. The summed E-state index contributed by atoms with van der Waals surface area (Å²) in [5.74, 6) is 0.467. The van der Waals surface area contributed by atoms with Gasteiger partial charge in [-0.05, 0) is 32.1 Å². The first-order valence-corrected chi connectivity index (χ1v) is 7.01. The lowest BCUT2D eigenvalue weighted by molar-refractivity contribution is 0.242. The maximum atomic E-state index is 11.9. The van der Waals surface area contributed by atoms with Crippen LogP contribution in [0.1, 0.15) is 13.8 Å². The first kappa shape index (κ1) is 15.2. The highest BCUT2D eigenvalue weighted by molar-refractivity contribution is 7.71.